The smallest absolute Gasteiger partial charge is 0.426 e. The van der Waals surface area contributed by atoms with E-state index in [1.165, 1.54) is 6.92 Å². The lowest BCUT2D eigenvalue weighted by Gasteiger charge is -2.44. The maximum Gasteiger partial charge on any atom is 0.426 e. The Hall–Kier alpha value is -1.06. The van der Waals surface area contributed by atoms with E-state index in [1.54, 1.807) is 0 Å². The zero-order chi connectivity index (χ0) is 19.0. The largest absolute Gasteiger partial charge is 0.460 e. The van der Waals surface area contributed by atoms with Gasteiger partial charge in [-0.1, -0.05) is 13.3 Å². The molecular formula is C14H19F7O3. The van der Waals surface area contributed by atoms with Gasteiger partial charge in [-0.15, -0.1) is 0 Å². The second-order valence-corrected chi connectivity index (χ2v) is 6.15. The van der Waals surface area contributed by atoms with Gasteiger partial charge in [-0.25, -0.2) is 9.18 Å². The molecule has 0 spiro atoms. The molecule has 0 aromatic heterocycles. The highest BCUT2D eigenvalue weighted by Gasteiger charge is 2.75. The molecular weight excluding hydrogens is 349 g/mol. The van der Waals surface area contributed by atoms with Crippen LogP contribution in [0.25, 0.3) is 0 Å². The zero-order valence-corrected chi connectivity index (χ0v) is 13.1. The van der Waals surface area contributed by atoms with Crippen molar-refractivity contribution in [2.45, 2.75) is 75.7 Å². The highest BCUT2D eigenvalue weighted by atomic mass is 19.4. The molecule has 142 valence electrons. The minimum atomic E-state index is -6.01. The van der Waals surface area contributed by atoms with Crippen molar-refractivity contribution in [3.8, 4) is 0 Å². The van der Waals surface area contributed by atoms with Crippen LogP contribution in [0.15, 0.2) is 0 Å². The van der Waals surface area contributed by atoms with Crippen LogP contribution in [-0.2, 0) is 9.53 Å². The summed E-state index contributed by atoms with van der Waals surface area (Å²) in [4.78, 5) is 11.7. The van der Waals surface area contributed by atoms with Crippen molar-refractivity contribution in [3.05, 3.63) is 0 Å². The predicted octanol–water partition coefficient (Wildman–Crippen LogP) is 4.08. The molecule has 3 atom stereocenters. The summed E-state index contributed by atoms with van der Waals surface area (Å²) in [6.07, 6.45) is -15.0. The van der Waals surface area contributed by atoms with E-state index in [2.05, 4.69) is 4.74 Å². The van der Waals surface area contributed by atoms with E-state index in [4.69, 9.17) is 0 Å². The number of rotatable bonds is 4. The number of hydrogen-bond donors (Lipinski definition) is 1. The number of ether oxygens (including phenoxy) is 1. The molecule has 1 aliphatic rings. The first kappa shape index (κ1) is 21.0. The van der Waals surface area contributed by atoms with Crippen LogP contribution in [0.4, 0.5) is 30.7 Å². The van der Waals surface area contributed by atoms with Gasteiger partial charge < -0.3 is 9.84 Å². The van der Waals surface area contributed by atoms with E-state index >= 15 is 0 Å². The van der Waals surface area contributed by atoms with Gasteiger partial charge in [0.2, 0.25) is 5.67 Å². The van der Waals surface area contributed by atoms with Gasteiger partial charge in [0, 0.05) is 5.92 Å². The van der Waals surface area contributed by atoms with Crippen molar-refractivity contribution in [1.29, 1.82) is 0 Å². The molecule has 1 saturated carbocycles. The molecule has 1 rings (SSSR count). The summed E-state index contributed by atoms with van der Waals surface area (Å²) in [6.45, 7) is 2.11. The standard InChI is InChI=1S/C14H19F7O3/c1-3-11(2,15)10(22)24-9-7-5-4-6-8(9)12(23,13(16,17)18)14(19,20)21/h8-9,23H,3-7H2,1-2H3. The first-order valence-corrected chi connectivity index (χ1v) is 7.44. The zero-order valence-electron chi connectivity index (χ0n) is 13.1. The first-order chi connectivity index (χ1) is 10.7. The Balaban J connectivity index is 3.19. The van der Waals surface area contributed by atoms with Crippen LogP contribution >= 0.6 is 0 Å². The lowest BCUT2D eigenvalue weighted by Crippen LogP contribution is -2.65. The van der Waals surface area contributed by atoms with E-state index in [9.17, 15) is 40.6 Å². The SMILES string of the molecule is CCC(C)(F)C(=O)OC1CCCCC1C(O)(C(F)(F)F)C(F)(F)F. The molecule has 1 aliphatic carbocycles. The minimum absolute atomic E-state index is 0.00609. The van der Waals surface area contributed by atoms with Gasteiger partial charge in [-0.3, -0.25) is 0 Å². The van der Waals surface area contributed by atoms with Crippen LogP contribution in [-0.4, -0.2) is 40.8 Å². The van der Waals surface area contributed by atoms with Gasteiger partial charge in [0.1, 0.15) is 6.10 Å². The highest BCUT2D eigenvalue weighted by molar-refractivity contribution is 5.79. The molecule has 0 aromatic carbocycles. The lowest BCUT2D eigenvalue weighted by molar-refractivity contribution is -0.393. The molecule has 0 heterocycles. The Kier molecular flexibility index (Phi) is 5.84. The predicted molar refractivity (Wildman–Crippen MR) is 68.7 cm³/mol. The Bertz CT molecular complexity index is 442. The van der Waals surface area contributed by atoms with Gasteiger partial charge in [0.15, 0.2) is 0 Å². The number of aliphatic hydroxyl groups is 1. The van der Waals surface area contributed by atoms with E-state index in [0.717, 1.165) is 6.92 Å². The third-order valence-electron chi connectivity index (χ3n) is 4.45. The highest BCUT2D eigenvalue weighted by Crippen LogP contribution is 2.52. The summed E-state index contributed by atoms with van der Waals surface area (Å²) in [6, 6.07) is 0. The van der Waals surface area contributed by atoms with Crippen LogP contribution in [0.5, 0.6) is 0 Å². The summed E-state index contributed by atoms with van der Waals surface area (Å²) in [5.41, 5.74) is -7.55. The Morgan fingerprint density at radius 2 is 1.50 bits per heavy atom. The topological polar surface area (TPSA) is 46.5 Å². The molecule has 3 nitrogen and oxygen atoms in total. The third-order valence-corrected chi connectivity index (χ3v) is 4.45. The fraction of sp³-hybridized carbons (Fsp3) is 0.929. The summed E-state index contributed by atoms with van der Waals surface area (Å²) in [7, 11) is 0. The number of carbonyl (C=O) groups excluding carboxylic acids is 1. The van der Waals surface area contributed by atoms with Gasteiger partial charge in [-0.2, -0.15) is 26.3 Å². The number of esters is 1. The molecule has 1 fully saturated rings. The first-order valence-electron chi connectivity index (χ1n) is 7.44. The quantitative estimate of drug-likeness (QED) is 0.601. The molecule has 0 aromatic rings. The Labute approximate surface area is 134 Å². The fourth-order valence-corrected chi connectivity index (χ4v) is 2.70. The summed E-state index contributed by atoms with van der Waals surface area (Å²) in [5, 5.41) is 9.52. The molecule has 24 heavy (non-hydrogen) atoms. The van der Waals surface area contributed by atoms with Gasteiger partial charge in [-0.05, 0) is 32.6 Å². The van der Waals surface area contributed by atoms with E-state index in [0.29, 0.717) is 0 Å². The van der Waals surface area contributed by atoms with Crippen molar-refractivity contribution in [2.24, 2.45) is 5.92 Å². The van der Waals surface area contributed by atoms with Crippen LogP contribution in [0, 0.1) is 5.92 Å². The molecule has 0 amide bonds. The molecule has 0 saturated heterocycles. The number of hydrogen-bond acceptors (Lipinski definition) is 3. The van der Waals surface area contributed by atoms with Crippen LogP contribution < -0.4 is 0 Å². The van der Waals surface area contributed by atoms with Crippen LogP contribution in [0.3, 0.4) is 0 Å². The lowest BCUT2D eigenvalue weighted by atomic mass is 9.74. The van der Waals surface area contributed by atoms with Gasteiger partial charge in [0.05, 0.1) is 0 Å². The van der Waals surface area contributed by atoms with E-state index < -0.39 is 48.0 Å². The normalized spacial score (nSPS) is 25.9. The minimum Gasteiger partial charge on any atom is -0.460 e. The van der Waals surface area contributed by atoms with Crippen molar-refractivity contribution in [2.75, 3.05) is 0 Å². The molecule has 10 heteroatoms. The molecule has 0 aliphatic heterocycles. The van der Waals surface area contributed by atoms with E-state index in [-0.39, 0.29) is 25.7 Å². The average Bonchev–Trinajstić information content (AvgIpc) is 2.44. The second-order valence-electron chi connectivity index (χ2n) is 6.15. The molecule has 3 unspecified atom stereocenters. The monoisotopic (exact) mass is 368 g/mol. The molecule has 0 radical (unpaired) electrons. The summed E-state index contributed by atoms with van der Waals surface area (Å²) < 4.78 is 96.6. The Morgan fingerprint density at radius 3 is 1.92 bits per heavy atom. The second kappa shape index (κ2) is 6.68. The molecule has 1 N–H and O–H groups in total. The van der Waals surface area contributed by atoms with Gasteiger partial charge >= 0.3 is 18.3 Å². The summed E-state index contributed by atoms with van der Waals surface area (Å²) in [5.74, 6) is -3.98. The van der Waals surface area contributed by atoms with Crippen LogP contribution in [0.1, 0.15) is 46.0 Å². The molecule has 0 bridgehead atoms. The maximum absolute atomic E-state index is 13.9. The van der Waals surface area contributed by atoms with Crippen molar-refractivity contribution >= 4 is 5.97 Å². The maximum atomic E-state index is 13.9. The number of carbonyl (C=O) groups is 1. The fourth-order valence-electron chi connectivity index (χ4n) is 2.70. The number of alkyl halides is 7. The van der Waals surface area contributed by atoms with Crippen LogP contribution in [0.2, 0.25) is 0 Å². The van der Waals surface area contributed by atoms with Crippen molar-refractivity contribution < 1.29 is 45.4 Å². The Morgan fingerprint density at radius 1 is 1.04 bits per heavy atom. The average molecular weight is 368 g/mol. The number of halogens is 7. The van der Waals surface area contributed by atoms with Crippen molar-refractivity contribution in [1.82, 2.24) is 0 Å². The third kappa shape index (κ3) is 3.78. The van der Waals surface area contributed by atoms with Gasteiger partial charge in [0.25, 0.3) is 5.60 Å². The summed E-state index contributed by atoms with van der Waals surface area (Å²) >= 11 is 0. The van der Waals surface area contributed by atoms with E-state index in [1.807, 2.05) is 0 Å². The van der Waals surface area contributed by atoms with Crippen molar-refractivity contribution in [3.63, 3.8) is 0 Å².